The lowest BCUT2D eigenvalue weighted by molar-refractivity contribution is 0.0889. The van der Waals surface area contributed by atoms with E-state index >= 15 is 0 Å². The fourth-order valence-electron chi connectivity index (χ4n) is 4.83. The molecule has 1 aliphatic heterocycles. The van der Waals surface area contributed by atoms with Crippen LogP contribution in [0.2, 0.25) is 0 Å². The molecule has 26 heavy (non-hydrogen) atoms. The maximum atomic E-state index is 13.8. The van der Waals surface area contributed by atoms with Gasteiger partial charge >= 0.3 is 0 Å². The standard InChI is InChI=1S/C24H21NO/c1-3-16-9-8-13-17-15(2)24(25-22(16)17)21-14-7-6-11-19(21)18-10-4-5-12-20(18)23(24)26/h4-15,25H,3H2,1-2H3/t15-,24-/m1/s1. The molecule has 2 nitrogen and oxygen atoms in total. The van der Waals surface area contributed by atoms with E-state index in [1.54, 1.807) is 0 Å². The van der Waals surface area contributed by atoms with Crippen molar-refractivity contribution in [2.45, 2.75) is 31.7 Å². The zero-order valence-corrected chi connectivity index (χ0v) is 15.0. The summed E-state index contributed by atoms with van der Waals surface area (Å²) in [5, 5.41) is 3.72. The number of nitrogens with one attached hydrogen (secondary N) is 1. The van der Waals surface area contributed by atoms with Crippen molar-refractivity contribution in [2.75, 3.05) is 5.32 Å². The number of hydrogen-bond acceptors (Lipinski definition) is 2. The van der Waals surface area contributed by atoms with E-state index in [-0.39, 0.29) is 11.7 Å². The number of aryl methyl sites for hydroxylation is 1. The second-order valence-corrected chi connectivity index (χ2v) is 7.31. The Morgan fingerprint density at radius 3 is 2.35 bits per heavy atom. The number of benzene rings is 3. The summed E-state index contributed by atoms with van der Waals surface area (Å²) in [4.78, 5) is 13.8. The predicted molar refractivity (Wildman–Crippen MR) is 106 cm³/mol. The zero-order chi connectivity index (χ0) is 17.9. The molecule has 1 heterocycles. The number of Topliss-reactive ketones (excluding diaryl/α,β-unsaturated/α-hetero) is 1. The molecule has 2 atom stereocenters. The molecule has 1 aliphatic carbocycles. The Morgan fingerprint density at radius 2 is 1.58 bits per heavy atom. The van der Waals surface area contributed by atoms with Gasteiger partial charge in [0.05, 0.1) is 0 Å². The van der Waals surface area contributed by atoms with E-state index < -0.39 is 5.54 Å². The van der Waals surface area contributed by atoms with Crippen molar-refractivity contribution in [1.82, 2.24) is 0 Å². The number of rotatable bonds is 1. The first-order chi connectivity index (χ1) is 12.7. The molecule has 1 N–H and O–H groups in total. The molecular weight excluding hydrogens is 318 g/mol. The Bertz CT molecular complexity index is 1050. The summed E-state index contributed by atoms with van der Waals surface area (Å²) >= 11 is 0. The smallest absolute Gasteiger partial charge is 0.194 e. The van der Waals surface area contributed by atoms with Crippen LogP contribution in [-0.4, -0.2) is 5.78 Å². The van der Waals surface area contributed by atoms with Crippen LogP contribution in [0.25, 0.3) is 11.1 Å². The van der Waals surface area contributed by atoms with E-state index in [4.69, 9.17) is 0 Å². The van der Waals surface area contributed by atoms with Crippen molar-refractivity contribution in [2.24, 2.45) is 0 Å². The van der Waals surface area contributed by atoms with E-state index in [1.807, 2.05) is 24.3 Å². The minimum Gasteiger partial charge on any atom is -0.368 e. The predicted octanol–water partition coefficient (Wildman–Crippen LogP) is 5.54. The normalized spacial score (nSPS) is 22.5. The van der Waals surface area contributed by atoms with Gasteiger partial charge in [0.1, 0.15) is 5.54 Å². The Hall–Kier alpha value is -2.87. The van der Waals surface area contributed by atoms with Crippen molar-refractivity contribution >= 4 is 11.5 Å². The number of ketones is 1. The maximum Gasteiger partial charge on any atom is 0.194 e. The number of carbonyl (C=O) groups is 1. The molecule has 0 amide bonds. The lowest BCUT2D eigenvalue weighted by atomic mass is 9.67. The number of hydrogen-bond donors (Lipinski definition) is 1. The van der Waals surface area contributed by atoms with E-state index in [9.17, 15) is 4.79 Å². The van der Waals surface area contributed by atoms with Gasteiger partial charge in [-0.05, 0) is 34.2 Å². The highest BCUT2D eigenvalue weighted by Gasteiger charge is 2.54. The minimum atomic E-state index is -0.724. The molecule has 3 aromatic rings. The van der Waals surface area contributed by atoms with E-state index in [2.05, 4.69) is 61.6 Å². The first kappa shape index (κ1) is 15.4. The monoisotopic (exact) mass is 339 g/mol. The summed E-state index contributed by atoms with van der Waals surface area (Å²) in [5.41, 5.74) is 7.05. The molecule has 128 valence electrons. The minimum absolute atomic E-state index is 0.0750. The Morgan fingerprint density at radius 1 is 0.885 bits per heavy atom. The van der Waals surface area contributed by atoms with Crippen molar-refractivity contribution < 1.29 is 4.79 Å². The molecule has 0 fully saturated rings. The van der Waals surface area contributed by atoms with Gasteiger partial charge in [-0.3, -0.25) is 4.79 Å². The maximum absolute atomic E-state index is 13.8. The highest BCUT2D eigenvalue weighted by molar-refractivity contribution is 6.15. The van der Waals surface area contributed by atoms with E-state index in [0.29, 0.717) is 0 Å². The molecule has 2 heteroatoms. The number of anilines is 1. The quantitative estimate of drug-likeness (QED) is 0.631. The van der Waals surface area contributed by atoms with Crippen LogP contribution in [0.15, 0.2) is 66.7 Å². The molecule has 0 unspecified atom stereocenters. The zero-order valence-electron chi connectivity index (χ0n) is 15.0. The van der Waals surface area contributed by atoms with Gasteiger partial charge in [-0.15, -0.1) is 0 Å². The van der Waals surface area contributed by atoms with Crippen molar-refractivity contribution in [3.63, 3.8) is 0 Å². The fraction of sp³-hybridized carbons (Fsp3) is 0.208. The molecule has 0 aromatic heterocycles. The summed E-state index contributed by atoms with van der Waals surface area (Å²) in [6.07, 6.45) is 0.950. The van der Waals surface area contributed by atoms with Crippen LogP contribution in [0.4, 0.5) is 5.69 Å². The molecule has 1 spiro atoms. The number of carbonyl (C=O) groups excluding carboxylic acids is 1. The van der Waals surface area contributed by atoms with Gasteiger partial charge in [-0.25, -0.2) is 0 Å². The second kappa shape index (κ2) is 5.31. The number of fused-ring (bicyclic) bond motifs is 5. The molecule has 5 rings (SSSR count). The van der Waals surface area contributed by atoms with Crippen LogP contribution in [0, 0.1) is 0 Å². The van der Waals surface area contributed by atoms with Crippen molar-refractivity contribution in [3.8, 4) is 11.1 Å². The van der Waals surface area contributed by atoms with E-state index in [0.717, 1.165) is 34.4 Å². The molecule has 3 aromatic carbocycles. The summed E-state index contributed by atoms with van der Waals surface area (Å²) < 4.78 is 0. The van der Waals surface area contributed by atoms with Gasteiger partial charge in [-0.1, -0.05) is 80.6 Å². The molecular formula is C24H21NO. The van der Waals surface area contributed by atoms with Crippen LogP contribution in [0.5, 0.6) is 0 Å². The molecule has 2 aliphatic rings. The van der Waals surface area contributed by atoms with E-state index in [1.165, 1.54) is 11.1 Å². The molecule has 0 saturated carbocycles. The number of para-hydroxylation sites is 1. The third-order valence-electron chi connectivity index (χ3n) is 6.17. The van der Waals surface area contributed by atoms with Gasteiger partial charge in [0.25, 0.3) is 0 Å². The Labute approximate surface area is 153 Å². The summed E-state index contributed by atoms with van der Waals surface area (Å²) in [5.74, 6) is 0.253. The fourth-order valence-corrected chi connectivity index (χ4v) is 4.83. The van der Waals surface area contributed by atoms with Gasteiger partial charge in [0.2, 0.25) is 0 Å². The van der Waals surface area contributed by atoms with Crippen LogP contribution >= 0.6 is 0 Å². The van der Waals surface area contributed by atoms with Crippen LogP contribution in [-0.2, 0) is 12.0 Å². The topological polar surface area (TPSA) is 29.1 Å². The first-order valence-corrected chi connectivity index (χ1v) is 9.32. The SMILES string of the molecule is CCc1cccc2c1N[C@]1(C(=O)c3ccccc3-c3ccccc31)[C@@H]2C. The Kier molecular flexibility index (Phi) is 3.14. The lowest BCUT2D eigenvalue weighted by Crippen LogP contribution is -2.46. The Balaban J connectivity index is 1.82. The third kappa shape index (κ3) is 1.74. The van der Waals surface area contributed by atoms with Crippen molar-refractivity contribution in [3.05, 3.63) is 89.0 Å². The third-order valence-corrected chi connectivity index (χ3v) is 6.17. The molecule has 0 radical (unpaired) electrons. The highest BCUT2D eigenvalue weighted by atomic mass is 16.1. The average molecular weight is 339 g/mol. The van der Waals surface area contributed by atoms with Crippen LogP contribution in [0.3, 0.4) is 0 Å². The van der Waals surface area contributed by atoms with Crippen LogP contribution < -0.4 is 5.32 Å². The van der Waals surface area contributed by atoms with Gasteiger partial charge in [0, 0.05) is 17.2 Å². The first-order valence-electron chi connectivity index (χ1n) is 9.32. The lowest BCUT2D eigenvalue weighted by Gasteiger charge is -2.39. The van der Waals surface area contributed by atoms with Gasteiger partial charge < -0.3 is 5.32 Å². The van der Waals surface area contributed by atoms with Crippen molar-refractivity contribution in [1.29, 1.82) is 0 Å². The largest absolute Gasteiger partial charge is 0.368 e. The highest BCUT2D eigenvalue weighted by Crippen LogP contribution is 2.55. The molecule has 0 saturated heterocycles. The summed E-state index contributed by atoms with van der Waals surface area (Å²) in [6.45, 7) is 4.35. The van der Waals surface area contributed by atoms with Gasteiger partial charge in [0.15, 0.2) is 5.78 Å². The second-order valence-electron chi connectivity index (χ2n) is 7.31. The average Bonchev–Trinajstić information content (AvgIpc) is 3.00. The summed E-state index contributed by atoms with van der Waals surface area (Å²) in [6, 6.07) is 22.8. The van der Waals surface area contributed by atoms with Crippen LogP contribution in [0.1, 0.15) is 46.8 Å². The summed E-state index contributed by atoms with van der Waals surface area (Å²) in [7, 11) is 0. The van der Waals surface area contributed by atoms with Gasteiger partial charge in [-0.2, -0.15) is 0 Å². The molecule has 0 bridgehead atoms.